The van der Waals surface area contributed by atoms with Crippen molar-refractivity contribution >= 4 is 23.9 Å². The lowest BCUT2D eigenvalue weighted by Crippen LogP contribution is -2.08. The molecular formula is C29H53N3O4S. The minimum Gasteiger partial charge on any atom is -0.497 e. The quantitative estimate of drug-likeness (QED) is 0.0834. The summed E-state index contributed by atoms with van der Waals surface area (Å²) < 4.78 is 20.9. The summed E-state index contributed by atoms with van der Waals surface area (Å²) in [5.41, 5.74) is 1.15. The van der Waals surface area contributed by atoms with E-state index in [0.29, 0.717) is 24.9 Å². The molecule has 0 aliphatic carbocycles. The summed E-state index contributed by atoms with van der Waals surface area (Å²) in [6, 6.07) is 7.58. The minimum atomic E-state index is 0.601. The topological polar surface area (TPSA) is 64.9 Å². The Morgan fingerprint density at radius 1 is 1.11 bits per heavy atom. The van der Waals surface area contributed by atoms with Gasteiger partial charge in [-0.2, -0.15) is 5.10 Å². The standard InChI is InChI=1S/C18H26N2O3S.C5H10O.C4H11N.C2H6/c1-5-15(6-2)13-19-20-18(22-4)14-24-11-10-23-17-9-7-8-16(12-17)21-3;1-3-5-6-4-2;1-4-5(2)3;1-2/h5,7-9,12-13H,6,10-11,14H2,1-4H3;3H,1,4-5H2,2H3;4H2,1-3H3;1-2H3/b15-5+,19-13+,20-18-;;;. The van der Waals surface area contributed by atoms with E-state index in [2.05, 4.69) is 49.6 Å². The van der Waals surface area contributed by atoms with E-state index in [9.17, 15) is 0 Å². The Morgan fingerprint density at radius 2 is 1.76 bits per heavy atom. The molecule has 0 saturated heterocycles. The zero-order valence-corrected chi connectivity index (χ0v) is 25.9. The third-order valence-corrected chi connectivity index (χ3v) is 5.15. The highest BCUT2D eigenvalue weighted by atomic mass is 32.2. The number of allylic oxidation sites excluding steroid dienone is 2. The molecule has 0 aliphatic heterocycles. The van der Waals surface area contributed by atoms with Crippen LogP contribution < -0.4 is 9.47 Å². The van der Waals surface area contributed by atoms with Crippen LogP contribution in [0.1, 0.15) is 48.0 Å². The molecule has 1 rings (SSSR count). The first-order valence-corrected chi connectivity index (χ1v) is 14.0. The van der Waals surface area contributed by atoms with E-state index < -0.39 is 0 Å². The van der Waals surface area contributed by atoms with Gasteiger partial charge in [-0.15, -0.1) is 23.4 Å². The molecule has 0 saturated carbocycles. The lowest BCUT2D eigenvalue weighted by Gasteiger charge is -2.07. The summed E-state index contributed by atoms with van der Waals surface area (Å²) in [7, 11) is 7.36. The number of hydrogen-bond donors (Lipinski definition) is 0. The maximum absolute atomic E-state index is 5.69. The van der Waals surface area contributed by atoms with Gasteiger partial charge in [0.05, 0.1) is 39.4 Å². The molecule has 0 heterocycles. The Labute approximate surface area is 232 Å². The fourth-order valence-electron chi connectivity index (χ4n) is 1.94. The summed E-state index contributed by atoms with van der Waals surface area (Å²) in [5, 5.41) is 8.16. The van der Waals surface area contributed by atoms with Crippen LogP contribution in [-0.2, 0) is 9.47 Å². The maximum Gasteiger partial charge on any atom is 0.218 e. The predicted octanol–water partition coefficient (Wildman–Crippen LogP) is 7.00. The first-order valence-electron chi connectivity index (χ1n) is 12.9. The second kappa shape index (κ2) is 31.7. The van der Waals surface area contributed by atoms with Crippen molar-refractivity contribution in [3.05, 3.63) is 48.6 Å². The molecule has 0 N–H and O–H groups in total. The Balaban J connectivity index is -0.000000735. The molecule has 0 aromatic heterocycles. The van der Waals surface area contributed by atoms with Gasteiger partial charge in [0.1, 0.15) is 11.5 Å². The van der Waals surface area contributed by atoms with Crippen molar-refractivity contribution in [2.45, 2.75) is 48.0 Å². The molecule has 0 unspecified atom stereocenters. The monoisotopic (exact) mass is 539 g/mol. The van der Waals surface area contributed by atoms with Crippen LogP contribution >= 0.6 is 11.8 Å². The molecule has 0 aliphatic rings. The van der Waals surface area contributed by atoms with Crippen molar-refractivity contribution in [1.29, 1.82) is 0 Å². The van der Waals surface area contributed by atoms with Crippen LogP contribution in [0.3, 0.4) is 0 Å². The van der Waals surface area contributed by atoms with Gasteiger partial charge in [-0.25, -0.2) is 0 Å². The summed E-state index contributed by atoms with van der Waals surface area (Å²) in [6.45, 7) is 18.8. The molecule has 8 heteroatoms. The molecular weight excluding hydrogens is 486 g/mol. The van der Waals surface area contributed by atoms with Gasteiger partial charge in [0.2, 0.25) is 5.90 Å². The average Bonchev–Trinajstić information content (AvgIpc) is 2.94. The summed E-state index contributed by atoms with van der Waals surface area (Å²) in [4.78, 5) is 2.12. The third-order valence-electron chi connectivity index (χ3n) is 4.24. The van der Waals surface area contributed by atoms with Gasteiger partial charge in [0.25, 0.3) is 0 Å². The van der Waals surface area contributed by atoms with Gasteiger partial charge in [-0.3, -0.25) is 0 Å². The molecule has 37 heavy (non-hydrogen) atoms. The van der Waals surface area contributed by atoms with Crippen molar-refractivity contribution in [3.63, 3.8) is 0 Å². The third kappa shape index (κ3) is 28.1. The largest absolute Gasteiger partial charge is 0.497 e. The number of hydrogen-bond acceptors (Lipinski definition) is 8. The molecule has 214 valence electrons. The normalized spacial score (nSPS) is 10.9. The highest BCUT2D eigenvalue weighted by Gasteiger charge is 2.00. The first-order chi connectivity index (χ1) is 17.9. The molecule has 0 atom stereocenters. The lowest BCUT2D eigenvalue weighted by atomic mass is 10.2. The number of thioether (sulfide) groups is 1. The molecule has 0 bridgehead atoms. The highest BCUT2D eigenvalue weighted by Crippen LogP contribution is 2.19. The van der Waals surface area contributed by atoms with E-state index in [1.807, 2.05) is 58.0 Å². The number of ether oxygens (including phenoxy) is 4. The van der Waals surface area contributed by atoms with E-state index in [4.69, 9.17) is 18.9 Å². The Morgan fingerprint density at radius 3 is 2.22 bits per heavy atom. The zero-order valence-electron chi connectivity index (χ0n) is 25.1. The van der Waals surface area contributed by atoms with Gasteiger partial charge in [0, 0.05) is 18.4 Å². The molecule has 7 nitrogen and oxygen atoms in total. The van der Waals surface area contributed by atoms with Gasteiger partial charge in [-0.1, -0.05) is 45.9 Å². The van der Waals surface area contributed by atoms with E-state index in [1.165, 1.54) is 0 Å². The SMILES string of the molecule is C/C=C(/C=N/N=C(/CSCCOc1cccc(OC)c1)OC)CC.C=CCOCC.CC.CCN(C)C. The first kappa shape index (κ1) is 39.2. The molecule has 1 aromatic carbocycles. The van der Waals surface area contributed by atoms with Crippen molar-refractivity contribution in [1.82, 2.24) is 4.90 Å². The fourth-order valence-corrected chi connectivity index (χ4v) is 2.63. The Kier molecular flexibility index (Phi) is 33.6. The molecule has 0 fully saturated rings. The van der Waals surface area contributed by atoms with Crippen LogP contribution in [0.5, 0.6) is 11.5 Å². The molecule has 1 aromatic rings. The fraction of sp³-hybridized carbons (Fsp3) is 0.586. The highest BCUT2D eigenvalue weighted by molar-refractivity contribution is 7.99. The number of benzene rings is 1. The molecule has 0 radical (unpaired) electrons. The second-order valence-electron chi connectivity index (χ2n) is 7.08. The minimum absolute atomic E-state index is 0.601. The van der Waals surface area contributed by atoms with Crippen molar-refractivity contribution in [2.24, 2.45) is 10.2 Å². The molecule has 0 spiro atoms. The van der Waals surface area contributed by atoms with Gasteiger partial charge in [0.15, 0.2) is 0 Å². The van der Waals surface area contributed by atoms with Crippen LogP contribution in [-0.4, -0.2) is 83.2 Å². The Hall–Kier alpha value is -2.29. The van der Waals surface area contributed by atoms with Gasteiger partial charge >= 0.3 is 0 Å². The van der Waals surface area contributed by atoms with E-state index in [0.717, 1.165) is 42.4 Å². The average molecular weight is 540 g/mol. The second-order valence-corrected chi connectivity index (χ2v) is 8.19. The summed E-state index contributed by atoms with van der Waals surface area (Å²) in [6.07, 6.45) is 6.46. The van der Waals surface area contributed by atoms with Gasteiger partial charge in [-0.05, 0) is 58.6 Å². The van der Waals surface area contributed by atoms with E-state index in [-0.39, 0.29) is 0 Å². The van der Waals surface area contributed by atoms with Crippen LogP contribution in [0.2, 0.25) is 0 Å². The number of rotatable bonds is 14. The van der Waals surface area contributed by atoms with Crippen molar-refractivity contribution < 1.29 is 18.9 Å². The van der Waals surface area contributed by atoms with Gasteiger partial charge < -0.3 is 23.8 Å². The van der Waals surface area contributed by atoms with Crippen LogP contribution in [0.15, 0.2) is 58.8 Å². The number of methoxy groups -OCH3 is 2. The summed E-state index contributed by atoms with van der Waals surface area (Å²) in [5.74, 6) is 3.69. The van der Waals surface area contributed by atoms with Crippen molar-refractivity contribution in [2.75, 3.05) is 66.2 Å². The van der Waals surface area contributed by atoms with Crippen molar-refractivity contribution in [3.8, 4) is 11.5 Å². The number of nitrogens with zero attached hydrogens (tertiary/aromatic N) is 3. The van der Waals surface area contributed by atoms with Crippen LogP contribution in [0, 0.1) is 0 Å². The van der Waals surface area contributed by atoms with Crippen LogP contribution in [0.25, 0.3) is 0 Å². The Bertz CT molecular complexity index is 723. The van der Waals surface area contributed by atoms with E-state index >= 15 is 0 Å². The van der Waals surface area contributed by atoms with E-state index in [1.54, 1.807) is 38.3 Å². The summed E-state index contributed by atoms with van der Waals surface area (Å²) >= 11 is 1.68. The zero-order chi connectivity index (χ0) is 28.7. The smallest absolute Gasteiger partial charge is 0.218 e. The maximum atomic E-state index is 5.69. The van der Waals surface area contributed by atoms with Crippen LogP contribution in [0.4, 0.5) is 0 Å². The molecule has 0 amide bonds. The lowest BCUT2D eigenvalue weighted by molar-refractivity contribution is 0.178. The predicted molar refractivity (Wildman–Crippen MR) is 165 cm³/mol.